The van der Waals surface area contributed by atoms with Crippen LogP contribution < -0.4 is 9.62 Å². The third kappa shape index (κ3) is 8.27. The predicted octanol–water partition coefficient (Wildman–Crippen LogP) is 5.13. The van der Waals surface area contributed by atoms with E-state index >= 15 is 0 Å². The molecule has 0 saturated heterocycles. The van der Waals surface area contributed by atoms with E-state index in [0.717, 1.165) is 17.0 Å². The van der Waals surface area contributed by atoms with Gasteiger partial charge in [-0.05, 0) is 49.6 Å². The Morgan fingerprint density at radius 1 is 1.00 bits per heavy atom. The van der Waals surface area contributed by atoms with Crippen LogP contribution in [0, 0.1) is 0 Å². The van der Waals surface area contributed by atoms with Crippen molar-refractivity contribution in [3.8, 4) is 0 Å². The Labute approximate surface area is 222 Å². The maximum absolute atomic E-state index is 13.7. The van der Waals surface area contributed by atoms with Gasteiger partial charge in [0.15, 0.2) is 0 Å². The molecule has 0 aliphatic rings. The molecule has 35 heavy (non-hydrogen) atoms. The summed E-state index contributed by atoms with van der Waals surface area (Å²) in [6.07, 6.45) is 2.03. The zero-order valence-electron chi connectivity index (χ0n) is 20.1. The van der Waals surface area contributed by atoms with E-state index in [4.69, 9.17) is 34.8 Å². The molecule has 1 N–H and O–H groups in total. The minimum atomic E-state index is -3.89. The largest absolute Gasteiger partial charge is 0.352 e. The Morgan fingerprint density at radius 2 is 1.60 bits per heavy atom. The fraction of sp³-hybridized carbons (Fsp3) is 0.417. The monoisotopic (exact) mass is 561 g/mol. The summed E-state index contributed by atoms with van der Waals surface area (Å²) in [6.45, 7) is 5.09. The van der Waals surface area contributed by atoms with Gasteiger partial charge in [-0.2, -0.15) is 0 Å². The predicted molar refractivity (Wildman–Crippen MR) is 143 cm³/mol. The molecule has 2 aromatic carbocycles. The summed E-state index contributed by atoms with van der Waals surface area (Å²) < 4.78 is 26.2. The van der Waals surface area contributed by atoms with E-state index in [9.17, 15) is 18.0 Å². The summed E-state index contributed by atoms with van der Waals surface area (Å²) in [4.78, 5) is 28.1. The third-order valence-corrected chi connectivity index (χ3v) is 7.45. The van der Waals surface area contributed by atoms with Gasteiger partial charge in [-0.25, -0.2) is 8.42 Å². The molecule has 0 aromatic heterocycles. The quantitative estimate of drug-likeness (QED) is 0.411. The van der Waals surface area contributed by atoms with Crippen molar-refractivity contribution in [2.24, 2.45) is 0 Å². The van der Waals surface area contributed by atoms with Crippen molar-refractivity contribution < 1.29 is 18.0 Å². The first kappa shape index (κ1) is 29.2. The molecule has 11 heteroatoms. The molecule has 0 fully saturated rings. The number of carbonyl (C=O) groups is 2. The van der Waals surface area contributed by atoms with Gasteiger partial charge < -0.3 is 10.2 Å². The SMILES string of the molecule is CC[C@H](C(=O)N[C@@H](C)CC)N(Cc1ccccc1Cl)C(=O)CN(c1cc(Cl)cc(Cl)c1)S(C)(=O)=O. The van der Waals surface area contributed by atoms with Crippen LogP contribution in [-0.2, 0) is 26.2 Å². The van der Waals surface area contributed by atoms with Gasteiger partial charge in [0, 0.05) is 27.7 Å². The first-order valence-corrected chi connectivity index (χ1v) is 14.1. The van der Waals surface area contributed by atoms with Crippen molar-refractivity contribution >= 4 is 62.3 Å². The second kappa shape index (κ2) is 12.8. The summed E-state index contributed by atoms with van der Waals surface area (Å²) in [6, 6.07) is 10.3. The topological polar surface area (TPSA) is 86.8 Å². The highest BCUT2D eigenvalue weighted by Gasteiger charge is 2.32. The molecule has 2 aromatic rings. The normalized spacial score (nSPS) is 13.1. The van der Waals surface area contributed by atoms with Crippen LogP contribution in [0.3, 0.4) is 0 Å². The van der Waals surface area contributed by atoms with Gasteiger partial charge in [0.25, 0.3) is 0 Å². The maximum atomic E-state index is 13.7. The summed E-state index contributed by atoms with van der Waals surface area (Å²) in [5.41, 5.74) is 0.780. The van der Waals surface area contributed by atoms with E-state index in [-0.39, 0.29) is 34.2 Å². The zero-order valence-corrected chi connectivity index (χ0v) is 23.2. The summed E-state index contributed by atoms with van der Waals surface area (Å²) in [5.74, 6) is -0.892. The number of hydrogen-bond donors (Lipinski definition) is 1. The number of sulfonamides is 1. The molecule has 0 bridgehead atoms. The Kier molecular flexibility index (Phi) is 10.7. The van der Waals surface area contributed by atoms with E-state index in [0.29, 0.717) is 17.0 Å². The number of carbonyl (C=O) groups excluding carboxylic acids is 2. The van der Waals surface area contributed by atoms with E-state index in [1.165, 1.54) is 23.1 Å². The Bertz CT molecular complexity index is 1140. The fourth-order valence-electron chi connectivity index (χ4n) is 3.47. The van der Waals surface area contributed by atoms with Crippen molar-refractivity contribution in [3.63, 3.8) is 0 Å². The zero-order chi connectivity index (χ0) is 26.3. The molecule has 0 radical (unpaired) electrons. The van der Waals surface area contributed by atoms with Crippen molar-refractivity contribution in [2.45, 2.75) is 52.2 Å². The lowest BCUT2D eigenvalue weighted by Gasteiger charge is -2.33. The smallest absolute Gasteiger partial charge is 0.244 e. The van der Waals surface area contributed by atoms with Crippen LogP contribution in [-0.4, -0.2) is 50.0 Å². The summed E-state index contributed by atoms with van der Waals surface area (Å²) in [5, 5.41) is 3.79. The molecule has 0 saturated carbocycles. The van der Waals surface area contributed by atoms with Crippen molar-refractivity contribution in [1.29, 1.82) is 0 Å². The number of amides is 2. The number of anilines is 1. The van der Waals surface area contributed by atoms with Crippen LogP contribution >= 0.6 is 34.8 Å². The maximum Gasteiger partial charge on any atom is 0.244 e. The first-order chi connectivity index (χ1) is 16.4. The Morgan fingerprint density at radius 3 is 2.11 bits per heavy atom. The van der Waals surface area contributed by atoms with E-state index in [1.807, 2.05) is 13.8 Å². The molecular formula is C24H30Cl3N3O4S. The van der Waals surface area contributed by atoms with Gasteiger partial charge in [0.05, 0.1) is 11.9 Å². The standard InChI is InChI=1S/C24H30Cl3N3O4S/c1-5-16(3)28-24(32)22(6-2)29(14-17-9-7-8-10-21(17)27)23(31)15-30(35(4,33)34)20-12-18(25)11-19(26)13-20/h7-13,16,22H,5-6,14-15H2,1-4H3,(H,28,32)/t16-,22+/m0/s1. The van der Waals surface area contributed by atoms with E-state index < -0.39 is 28.5 Å². The summed E-state index contributed by atoms with van der Waals surface area (Å²) in [7, 11) is -3.89. The molecule has 2 atom stereocenters. The van der Waals surface area contributed by atoms with Gasteiger partial charge in [0.1, 0.15) is 12.6 Å². The van der Waals surface area contributed by atoms with Gasteiger partial charge in [-0.15, -0.1) is 0 Å². The molecule has 0 aliphatic carbocycles. The fourth-order valence-corrected chi connectivity index (χ4v) is 5.01. The van der Waals surface area contributed by atoms with Crippen LogP contribution in [0.1, 0.15) is 39.2 Å². The average Bonchev–Trinajstić information content (AvgIpc) is 2.76. The number of rotatable bonds is 11. The second-order valence-corrected chi connectivity index (χ2v) is 11.4. The van der Waals surface area contributed by atoms with Gasteiger partial charge in [-0.1, -0.05) is 66.8 Å². The lowest BCUT2D eigenvalue weighted by molar-refractivity contribution is -0.140. The molecule has 192 valence electrons. The lowest BCUT2D eigenvalue weighted by Crippen LogP contribution is -2.53. The van der Waals surface area contributed by atoms with Crippen molar-refractivity contribution in [3.05, 3.63) is 63.1 Å². The van der Waals surface area contributed by atoms with Crippen LogP contribution in [0.4, 0.5) is 5.69 Å². The van der Waals surface area contributed by atoms with Gasteiger partial charge >= 0.3 is 0 Å². The summed E-state index contributed by atoms with van der Waals surface area (Å²) >= 11 is 18.5. The lowest BCUT2D eigenvalue weighted by atomic mass is 10.1. The second-order valence-electron chi connectivity index (χ2n) is 8.25. The highest BCUT2D eigenvalue weighted by atomic mass is 35.5. The molecule has 2 rings (SSSR count). The van der Waals surface area contributed by atoms with Crippen LogP contribution in [0.5, 0.6) is 0 Å². The third-order valence-electron chi connectivity index (χ3n) is 5.50. The van der Waals surface area contributed by atoms with E-state index in [2.05, 4.69) is 5.32 Å². The van der Waals surface area contributed by atoms with Crippen molar-refractivity contribution in [1.82, 2.24) is 10.2 Å². The van der Waals surface area contributed by atoms with Crippen molar-refractivity contribution in [2.75, 3.05) is 17.1 Å². The minimum Gasteiger partial charge on any atom is -0.352 e. The number of hydrogen-bond acceptors (Lipinski definition) is 4. The minimum absolute atomic E-state index is 0.0266. The van der Waals surface area contributed by atoms with Gasteiger partial charge in [0.2, 0.25) is 21.8 Å². The average molecular weight is 563 g/mol. The van der Waals surface area contributed by atoms with Crippen LogP contribution in [0.25, 0.3) is 0 Å². The number of nitrogens with one attached hydrogen (secondary N) is 1. The molecule has 7 nitrogen and oxygen atoms in total. The van der Waals surface area contributed by atoms with Crippen LogP contribution in [0.2, 0.25) is 15.1 Å². The first-order valence-electron chi connectivity index (χ1n) is 11.1. The number of nitrogens with zero attached hydrogens (tertiary/aromatic N) is 2. The molecule has 0 aliphatic heterocycles. The molecule has 0 spiro atoms. The molecule has 2 amide bonds. The Balaban J connectivity index is 2.49. The van der Waals surface area contributed by atoms with Gasteiger partial charge in [-0.3, -0.25) is 13.9 Å². The molecular weight excluding hydrogens is 533 g/mol. The number of benzene rings is 2. The number of halogens is 3. The molecule has 0 heterocycles. The molecule has 0 unspecified atom stereocenters. The highest BCUT2D eigenvalue weighted by Crippen LogP contribution is 2.28. The highest BCUT2D eigenvalue weighted by molar-refractivity contribution is 7.92. The van der Waals surface area contributed by atoms with Crippen LogP contribution in [0.15, 0.2) is 42.5 Å². The Hall–Kier alpha value is -2.00. The van der Waals surface area contributed by atoms with E-state index in [1.54, 1.807) is 31.2 Å².